The van der Waals surface area contributed by atoms with Gasteiger partial charge < -0.3 is 15.7 Å². The number of amides is 2. The molecule has 20 heavy (non-hydrogen) atoms. The predicted molar refractivity (Wildman–Crippen MR) is 76.9 cm³/mol. The van der Waals surface area contributed by atoms with E-state index < -0.39 is 5.97 Å². The van der Waals surface area contributed by atoms with Gasteiger partial charge in [0.15, 0.2) is 0 Å². The maximum atomic E-state index is 11.7. The van der Waals surface area contributed by atoms with E-state index in [1.807, 2.05) is 11.8 Å². The highest BCUT2D eigenvalue weighted by Gasteiger charge is 2.15. The quantitative estimate of drug-likeness (QED) is 0.782. The van der Waals surface area contributed by atoms with Crippen LogP contribution in [0.3, 0.4) is 0 Å². The van der Waals surface area contributed by atoms with Gasteiger partial charge in [-0.05, 0) is 30.2 Å². The number of carbonyl (C=O) groups excluding carboxylic acids is 1. The van der Waals surface area contributed by atoms with Crippen LogP contribution < -0.4 is 10.6 Å². The lowest BCUT2D eigenvalue weighted by atomic mass is 10.2. The van der Waals surface area contributed by atoms with Crippen LogP contribution in [0.4, 0.5) is 4.79 Å². The molecular formula is C13H17N3O3S. The number of hydrogen-bond acceptors (Lipinski definition) is 4. The zero-order valence-corrected chi connectivity index (χ0v) is 11.8. The fourth-order valence-corrected chi connectivity index (χ4v) is 3.00. The first-order chi connectivity index (χ1) is 9.65. The molecule has 1 atom stereocenters. The Labute approximate surface area is 121 Å². The van der Waals surface area contributed by atoms with Crippen molar-refractivity contribution in [3.63, 3.8) is 0 Å². The summed E-state index contributed by atoms with van der Waals surface area (Å²) in [7, 11) is 0. The summed E-state index contributed by atoms with van der Waals surface area (Å²) in [5.74, 6) is 1.07. The molecule has 0 aromatic carbocycles. The third kappa shape index (κ3) is 4.41. The molecule has 3 N–H and O–H groups in total. The van der Waals surface area contributed by atoms with E-state index in [1.165, 1.54) is 18.0 Å². The molecule has 108 valence electrons. The number of hydrogen-bond donors (Lipinski definition) is 3. The average molecular weight is 295 g/mol. The van der Waals surface area contributed by atoms with Crippen molar-refractivity contribution in [2.45, 2.75) is 25.4 Å². The van der Waals surface area contributed by atoms with Crippen molar-refractivity contribution < 1.29 is 14.7 Å². The first-order valence-corrected chi connectivity index (χ1v) is 7.61. The van der Waals surface area contributed by atoms with Gasteiger partial charge in [-0.2, -0.15) is 11.8 Å². The van der Waals surface area contributed by atoms with Crippen LogP contribution in [0.15, 0.2) is 18.3 Å². The third-order valence-electron chi connectivity index (χ3n) is 2.99. The van der Waals surface area contributed by atoms with E-state index in [9.17, 15) is 9.59 Å². The largest absolute Gasteiger partial charge is 0.477 e. The summed E-state index contributed by atoms with van der Waals surface area (Å²) in [5, 5.41) is 14.4. The van der Waals surface area contributed by atoms with Gasteiger partial charge in [0.1, 0.15) is 5.69 Å². The molecule has 2 heterocycles. The fraction of sp³-hybridized carbons (Fsp3) is 0.462. The van der Waals surface area contributed by atoms with Crippen LogP contribution >= 0.6 is 11.8 Å². The first kappa shape index (κ1) is 14.6. The van der Waals surface area contributed by atoms with Gasteiger partial charge >= 0.3 is 12.0 Å². The molecule has 1 saturated heterocycles. The highest BCUT2D eigenvalue weighted by Crippen LogP contribution is 2.16. The second-order valence-corrected chi connectivity index (χ2v) is 5.75. The SMILES string of the molecule is O=C(NCc1ccc(C(=O)O)nc1)NC1CCCSC1. The summed E-state index contributed by atoms with van der Waals surface area (Å²) >= 11 is 1.86. The van der Waals surface area contributed by atoms with Crippen molar-refractivity contribution in [2.24, 2.45) is 0 Å². The molecule has 2 amide bonds. The van der Waals surface area contributed by atoms with E-state index in [0.717, 1.165) is 24.2 Å². The van der Waals surface area contributed by atoms with Gasteiger partial charge in [0.25, 0.3) is 0 Å². The Morgan fingerprint density at radius 2 is 2.30 bits per heavy atom. The van der Waals surface area contributed by atoms with Crippen molar-refractivity contribution in [2.75, 3.05) is 11.5 Å². The molecule has 1 aromatic heterocycles. The molecule has 0 radical (unpaired) electrons. The Balaban J connectivity index is 1.76. The molecule has 1 fully saturated rings. The summed E-state index contributed by atoms with van der Waals surface area (Å²) in [5.41, 5.74) is 0.764. The van der Waals surface area contributed by atoms with Crippen molar-refractivity contribution in [3.05, 3.63) is 29.6 Å². The van der Waals surface area contributed by atoms with Gasteiger partial charge in [-0.3, -0.25) is 0 Å². The molecule has 0 aliphatic carbocycles. The van der Waals surface area contributed by atoms with E-state index in [4.69, 9.17) is 5.11 Å². The van der Waals surface area contributed by atoms with Crippen LogP contribution in [0.1, 0.15) is 28.9 Å². The maximum Gasteiger partial charge on any atom is 0.354 e. The van der Waals surface area contributed by atoms with Crippen molar-refractivity contribution in [1.82, 2.24) is 15.6 Å². The number of pyridine rings is 1. The number of aromatic carboxylic acids is 1. The van der Waals surface area contributed by atoms with Gasteiger partial charge in [-0.15, -0.1) is 0 Å². The Bertz CT molecular complexity index is 472. The summed E-state index contributed by atoms with van der Waals surface area (Å²) in [4.78, 5) is 26.2. The molecule has 1 aromatic rings. The zero-order chi connectivity index (χ0) is 14.4. The number of carboxylic acids is 1. The van der Waals surface area contributed by atoms with Gasteiger partial charge in [-0.1, -0.05) is 6.07 Å². The van der Waals surface area contributed by atoms with E-state index in [0.29, 0.717) is 6.54 Å². The minimum absolute atomic E-state index is 0.00238. The highest BCUT2D eigenvalue weighted by molar-refractivity contribution is 7.99. The maximum absolute atomic E-state index is 11.7. The fourth-order valence-electron chi connectivity index (χ4n) is 1.93. The monoisotopic (exact) mass is 295 g/mol. The minimum atomic E-state index is -1.06. The molecular weight excluding hydrogens is 278 g/mol. The summed E-state index contributed by atoms with van der Waals surface area (Å²) in [6, 6.07) is 3.11. The molecule has 1 unspecified atom stereocenters. The van der Waals surface area contributed by atoms with Gasteiger partial charge in [-0.25, -0.2) is 14.6 Å². The number of rotatable bonds is 4. The van der Waals surface area contributed by atoms with Crippen LogP contribution in [-0.4, -0.2) is 39.6 Å². The van der Waals surface area contributed by atoms with E-state index in [2.05, 4.69) is 15.6 Å². The third-order valence-corrected chi connectivity index (χ3v) is 4.21. The molecule has 1 aliphatic rings. The lowest BCUT2D eigenvalue weighted by molar-refractivity contribution is 0.0690. The molecule has 1 aliphatic heterocycles. The number of thioether (sulfide) groups is 1. The molecule has 0 saturated carbocycles. The summed E-state index contributed by atoms with van der Waals surface area (Å²) < 4.78 is 0. The molecule has 0 spiro atoms. The number of nitrogens with zero attached hydrogens (tertiary/aromatic N) is 1. The van der Waals surface area contributed by atoms with E-state index in [-0.39, 0.29) is 17.8 Å². The molecule has 2 rings (SSSR count). The zero-order valence-electron chi connectivity index (χ0n) is 11.0. The van der Waals surface area contributed by atoms with Crippen LogP contribution in [0.5, 0.6) is 0 Å². The van der Waals surface area contributed by atoms with Crippen molar-refractivity contribution in [1.29, 1.82) is 0 Å². The summed E-state index contributed by atoms with van der Waals surface area (Å²) in [6.07, 6.45) is 3.62. The smallest absolute Gasteiger partial charge is 0.354 e. The predicted octanol–water partition coefficient (Wildman–Crippen LogP) is 1.47. The van der Waals surface area contributed by atoms with Gasteiger partial charge in [0.2, 0.25) is 0 Å². The standard InChI is InChI=1S/C13H17N3O3S/c17-12(18)11-4-3-9(6-14-11)7-15-13(19)16-10-2-1-5-20-8-10/h3-4,6,10H,1-2,5,7-8H2,(H,17,18)(H2,15,16,19). The number of aromatic nitrogens is 1. The molecule has 6 nitrogen and oxygen atoms in total. The minimum Gasteiger partial charge on any atom is -0.477 e. The Morgan fingerprint density at radius 1 is 1.45 bits per heavy atom. The number of carbonyl (C=O) groups is 2. The number of nitrogens with one attached hydrogen (secondary N) is 2. The molecule has 7 heteroatoms. The number of urea groups is 1. The van der Waals surface area contributed by atoms with E-state index >= 15 is 0 Å². The van der Waals surface area contributed by atoms with Crippen molar-refractivity contribution >= 4 is 23.8 Å². The Morgan fingerprint density at radius 3 is 2.90 bits per heavy atom. The van der Waals surface area contributed by atoms with Gasteiger partial charge in [0.05, 0.1) is 0 Å². The number of carboxylic acid groups (broad SMARTS) is 1. The molecule has 0 bridgehead atoms. The summed E-state index contributed by atoms with van der Waals surface area (Å²) in [6.45, 7) is 0.332. The van der Waals surface area contributed by atoms with Crippen LogP contribution in [0.25, 0.3) is 0 Å². The average Bonchev–Trinajstić information content (AvgIpc) is 2.46. The van der Waals surface area contributed by atoms with Crippen LogP contribution in [-0.2, 0) is 6.54 Å². The van der Waals surface area contributed by atoms with Gasteiger partial charge in [0, 0.05) is 24.5 Å². The second kappa shape index (κ2) is 7.14. The Kier molecular flexibility index (Phi) is 5.23. The first-order valence-electron chi connectivity index (χ1n) is 6.45. The van der Waals surface area contributed by atoms with Crippen LogP contribution in [0, 0.1) is 0 Å². The van der Waals surface area contributed by atoms with E-state index in [1.54, 1.807) is 6.07 Å². The Hall–Kier alpha value is -1.76. The topological polar surface area (TPSA) is 91.3 Å². The highest BCUT2D eigenvalue weighted by atomic mass is 32.2. The lowest BCUT2D eigenvalue weighted by Gasteiger charge is -2.22. The normalized spacial score (nSPS) is 18.3. The van der Waals surface area contributed by atoms with Crippen LogP contribution in [0.2, 0.25) is 0 Å². The van der Waals surface area contributed by atoms with Crippen molar-refractivity contribution in [3.8, 4) is 0 Å². The lowest BCUT2D eigenvalue weighted by Crippen LogP contribution is -2.44. The second-order valence-electron chi connectivity index (χ2n) is 4.60.